The van der Waals surface area contributed by atoms with Crippen molar-refractivity contribution in [2.24, 2.45) is 0 Å². The standard InChI is InChI=1S/C18H17N5O8S2/c1-10(22-33(28,29)15-5-3-4-13-17(15)21-32-20-13)18(25)31-9-16(24)19-12-7-6-11(23(26)27)8-14(12)30-2/h3-8,10,22H,9H2,1-2H3,(H,19,24)/t10-/m0/s1. The third kappa shape index (κ3) is 5.57. The minimum absolute atomic E-state index is 0.0377. The summed E-state index contributed by atoms with van der Waals surface area (Å²) in [7, 11) is -2.86. The Balaban J connectivity index is 1.60. The number of ether oxygens (including phenoxy) is 2. The highest BCUT2D eigenvalue weighted by Crippen LogP contribution is 2.29. The zero-order valence-corrected chi connectivity index (χ0v) is 18.8. The van der Waals surface area contributed by atoms with Crippen LogP contribution in [0.3, 0.4) is 0 Å². The Morgan fingerprint density at radius 2 is 2.00 bits per heavy atom. The monoisotopic (exact) mass is 495 g/mol. The minimum Gasteiger partial charge on any atom is -0.494 e. The Bertz CT molecular complexity index is 1320. The molecule has 0 saturated carbocycles. The van der Waals surface area contributed by atoms with Crippen LogP contribution in [0, 0.1) is 10.1 Å². The van der Waals surface area contributed by atoms with Gasteiger partial charge in [0.2, 0.25) is 10.0 Å². The number of hydrogen-bond acceptors (Lipinski definition) is 11. The van der Waals surface area contributed by atoms with Crippen LogP contribution in [-0.2, 0) is 24.3 Å². The Hall–Kier alpha value is -3.69. The first-order valence-corrected chi connectivity index (χ1v) is 11.4. The first-order valence-electron chi connectivity index (χ1n) is 9.15. The number of nitrogens with one attached hydrogen (secondary N) is 2. The van der Waals surface area contributed by atoms with Crippen LogP contribution in [0.2, 0.25) is 0 Å². The molecule has 0 aliphatic heterocycles. The first-order chi connectivity index (χ1) is 15.6. The van der Waals surface area contributed by atoms with E-state index in [1.807, 2.05) is 0 Å². The molecule has 0 aliphatic carbocycles. The molecule has 33 heavy (non-hydrogen) atoms. The van der Waals surface area contributed by atoms with E-state index in [1.165, 1.54) is 38.3 Å². The molecular weight excluding hydrogens is 478 g/mol. The maximum absolute atomic E-state index is 12.7. The lowest BCUT2D eigenvalue weighted by atomic mass is 10.2. The van der Waals surface area contributed by atoms with Crippen LogP contribution in [0.1, 0.15) is 6.92 Å². The Morgan fingerprint density at radius 1 is 1.24 bits per heavy atom. The Morgan fingerprint density at radius 3 is 2.70 bits per heavy atom. The Kier molecular flexibility index (Phi) is 7.15. The van der Waals surface area contributed by atoms with E-state index in [0.717, 1.165) is 17.8 Å². The molecule has 0 unspecified atom stereocenters. The lowest BCUT2D eigenvalue weighted by Gasteiger charge is -2.14. The summed E-state index contributed by atoms with van der Waals surface area (Å²) in [6.07, 6.45) is 0. The summed E-state index contributed by atoms with van der Waals surface area (Å²) in [5.41, 5.74) is 0.466. The Labute approximate surface area is 191 Å². The highest BCUT2D eigenvalue weighted by atomic mass is 32.2. The summed E-state index contributed by atoms with van der Waals surface area (Å²) in [6, 6.07) is 6.68. The van der Waals surface area contributed by atoms with Crippen molar-refractivity contribution in [2.45, 2.75) is 17.9 Å². The second-order valence-corrected chi connectivity index (χ2v) is 8.74. The van der Waals surface area contributed by atoms with E-state index in [0.29, 0.717) is 5.52 Å². The topological polar surface area (TPSA) is 180 Å². The second-order valence-electron chi connectivity index (χ2n) is 6.53. The quantitative estimate of drug-likeness (QED) is 0.251. The molecule has 2 N–H and O–H groups in total. The lowest BCUT2D eigenvalue weighted by Crippen LogP contribution is -2.40. The van der Waals surface area contributed by atoms with Gasteiger partial charge in [0, 0.05) is 6.07 Å². The number of methoxy groups -OCH3 is 1. The van der Waals surface area contributed by atoms with Gasteiger partial charge in [-0.1, -0.05) is 6.07 Å². The van der Waals surface area contributed by atoms with Crippen molar-refractivity contribution in [2.75, 3.05) is 19.0 Å². The number of benzene rings is 2. The molecule has 3 rings (SSSR count). The largest absolute Gasteiger partial charge is 0.494 e. The zero-order chi connectivity index (χ0) is 24.2. The summed E-state index contributed by atoms with van der Waals surface area (Å²) in [5.74, 6) is -1.72. The smallest absolute Gasteiger partial charge is 0.324 e. The predicted molar refractivity (Wildman–Crippen MR) is 116 cm³/mol. The van der Waals surface area contributed by atoms with E-state index in [-0.39, 0.29) is 27.5 Å². The number of esters is 1. The van der Waals surface area contributed by atoms with Crippen molar-refractivity contribution in [3.05, 3.63) is 46.5 Å². The first kappa shape index (κ1) is 24.0. The van der Waals surface area contributed by atoms with Gasteiger partial charge in [-0.05, 0) is 25.1 Å². The molecule has 0 saturated heterocycles. The number of sulfonamides is 1. The number of hydrogen-bond donors (Lipinski definition) is 2. The molecule has 174 valence electrons. The molecule has 13 nitrogen and oxygen atoms in total. The molecule has 0 aliphatic rings. The van der Waals surface area contributed by atoms with Gasteiger partial charge >= 0.3 is 5.97 Å². The highest BCUT2D eigenvalue weighted by molar-refractivity contribution is 7.89. The fourth-order valence-corrected chi connectivity index (χ4v) is 4.65. The molecule has 0 fully saturated rings. The number of anilines is 1. The summed E-state index contributed by atoms with van der Waals surface area (Å²) >= 11 is 0.854. The molecule has 1 amide bonds. The van der Waals surface area contributed by atoms with E-state index in [4.69, 9.17) is 9.47 Å². The number of fused-ring (bicyclic) bond motifs is 1. The average Bonchev–Trinajstić information content (AvgIpc) is 3.26. The van der Waals surface area contributed by atoms with Crippen molar-refractivity contribution in [1.29, 1.82) is 0 Å². The van der Waals surface area contributed by atoms with Crippen LogP contribution in [0.15, 0.2) is 41.3 Å². The van der Waals surface area contributed by atoms with E-state index in [9.17, 15) is 28.1 Å². The lowest BCUT2D eigenvalue weighted by molar-refractivity contribution is -0.384. The molecule has 2 aromatic carbocycles. The third-order valence-electron chi connectivity index (χ3n) is 4.24. The predicted octanol–water partition coefficient (Wildman–Crippen LogP) is 1.46. The van der Waals surface area contributed by atoms with Crippen molar-refractivity contribution >= 4 is 56.0 Å². The number of amides is 1. The fraction of sp³-hybridized carbons (Fsp3) is 0.222. The van der Waals surface area contributed by atoms with Gasteiger partial charge in [-0.3, -0.25) is 19.7 Å². The van der Waals surface area contributed by atoms with Gasteiger partial charge in [0.25, 0.3) is 11.6 Å². The van der Waals surface area contributed by atoms with E-state index in [2.05, 4.69) is 18.8 Å². The van der Waals surface area contributed by atoms with Crippen molar-refractivity contribution in [1.82, 2.24) is 13.5 Å². The number of carbonyl (C=O) groups is 2. The second kappa shape index (κ2) is 9.85. The zero-order valence-electron chi connectivity index (χ0n) is 17.2. The van der Waals surface area contributed by atoms with E-state index >= 15 is 0 Å². The number of nitro groups is 1. The van der Waals surface area contributed by atoms with Crippen molar-refractivity contribution in [3.63, 3.8) is 0 Å². The van der Waals surface area contributed by atoms with Crippen LogP contribution < -0.4 is 14.8 Å². The average molecular weight is 495 g/mol. The highest BCUT2D eigenvalue weighted by Gasteiger charge is 2.26. The summed E-state index contributed by atoms with van der Waals surface area (Å²) < 4.78 is 45.3. The molecule has 1 heterocycles. The molecule has 1 atom stereocenters. The SMILES string of the molecule is COc1cc([N+](=O)[O-])ccc1NC(=O)COC(=O)[C@H](C)NS(=O)(=O)c1cccc2nsnc12. The van der Waals surface area contributed by atoms with Crippen LogP contribution in [0.4, 0.5) is 11.4 Å². The number of carbonyl (C=O) groups excluding carboxylic acids is 2. The van der Waals surface area contributed by atoms with Gasteiger partial charge in [0.05, 0.1) is 35.5 Å². The molecule has 3 aromatic rings. The fourth-order valence-electron chi connectivity index (χ4n) is 2.69. The van der Waals surface area contributed by atoms with E-state index in [1.54, 1.807) is 6.07 Å². The number of rotatable bonds is 9. The minimum atomic E-state index is -4.13. The summed E-state index contributed by atoms with van der Waals surface area (Å²) in [4.78, 5) is 34.4. The van der Waals surface area contributed by atoms with Crippen LogP contribution >= 0.6 is 11.7 Å². The molecular formula is C18H17N5O8S2. The van der Waals surface area contributed by atoms with Gasteiger partial charge in [-0.15, -0.1) is 0 Å². The summed E-state index contributed by atoms with van der Waals surface area (Å²) in [5, 5.41) is 13.2. The maximum Gasteiger partial charge on any atom is 0.324 e. The van der Waals surface area contributed by atoms with Crippen molar-refractivity contribution in [3.8, 4) is 5.75 Å². The van der Waals surface area contributed by atoms with Gasteiger partial charge in [-0.25, -0.2) is 8.42 Å². The molecule has 0 spiro atoms. The number of aromatic nitrogens is 2. The van der Waals surface area contributed by atoms with Gasteiger partial charge in [0.1, 0.15) is 27.7 Å². The van der Waals surface area contributed by atoms with Gasteiger partial charge < -0.3 is 14.8 Å². The van der Waals surface area contributed by atoms with Crippen molar-refractivity contribution < 1.29 is 32.4 Å². The molecule has 0 bridgehead atoms. The molecule has 1 aromatic heterocycles. The normalized spacial score (nSPS) is 12.2. The maximum atomic E-state index is 12.7. The van der Waals surface area contributed by atoms with E-state index < -0.39 is 39.5 Å². The third-order valence-corrected chi connectivity index (χ3v) is 6.35. The summed E-state index contributed by atoms with van der Waals surface area (Å²) in [6.45, 7) is 0.535. The number of nitrogens with zero attached hydrogens (tertiary/aromatic N) is 3. The van der Waals surface area contributed by atoms with Gasteiger partial charge in [-0.2, -0.15) is 13.5 Å². The number of nitro benzene ring substituents is 1. The van der Waals surface area contributed by atoms with Crippen LogP contribution in [0.25, 0.3) is 11.0 Å². The van der Waals surface area contributed by atoms with Crippen LogP contribution in [-0.4, -0.2) is 53.7 Å². The molecule has 15 heteroatoms. The number of non-ortho nitro benzene ring substituents is 1. The molecule has 0 radical (unpaired) electrons. The van der Waals surface area contributed by atoms with Gasteiger partial charge in [0.15, 0.2) is 6.61 Å². The van der Waals surface area contributed by atoms with Crippen LogP contribution in [0.5, 0.6) is 5.75 Å².